The highest BCUT2D eigenvalue weighted by atomic mass is 79.9. The predicted molar refractivity (Wildman–Crippen MR) is 158 cm³/mol. The number of ether oxygens (including phenoxy) is 2. The number of fused-ring (bicyclic) bond motifs is 1. The van der Waals surface area contributed by atoms with E-state index in [1.165, 1.54) is 37.6 Å². The Hall–Kier alpha value is -4.97. The van der Waals surface area contributed by atoms with E-state index < -0.39 is 23.3 Å². The van der Waals surface area contributed by atoms with E-state index >= 15 is 0 Å². The molecule has 0 unspecified atom stereocenters. The first-order chi connectivity index (χ1) is 20.5. The summed E-state index contributed by atoms with van der Waals surface area (Å²) in [4.78, 5) is 29.2. The van der Waals surface area contributed by atoms with Gasteiger partial charge in [-0.25, -0.2) is 9.78 Å². The highest BCUT2D eigenvalue weighted by molar-refractivity contribution is 9.10. The Morgan fingerprint density at radius 2 is 1.81 bits per heavy atom. The summed E-state index contributed by atoms with van der Waals surface area (Å²) in [5.41, 5.74) is 0.145. The van der Waals surface area contributed by atoms with Gasteiger partial charge >= 0.3 is 12.1 Å². The molecule has 0 aliphatic heterocycles. The standard InChI is InChI=1S/C31H21BrF3N3O5/c1-42-26-14-19(13-24(32)27(26)43-17-18-6-4-8-21(12-18)30(40)41)16-36-38-28(20-7-5-9-22(15-20)31(33,34)35)37-25-11-3-2-10-23(25)29(38)39/h2-16H,17H2,1H3,(H,40,41). The number of carboxylic acid groups (broad SMARTS) is 1. The molecule has 0 aliphatic carbocycles. The number of alkyl halides is 3. The lowest BCUT2D eigenvalue weighted by Gasteiger charge is -2.14. The Balaban J connectivity index is 1.52. The molecule has 1 aromatic heterocycles. The van der Waals surface area contributed by atoms with Crippen LogP contribution in [0.25, 0.3) is 22.3 Å². The maximum Gasteiger partial charge on any atom is 0.416 e. The van der Waals surface area contributed by atoms with Crippen molar-refractivity contribution in [2.24, 2.45) is 5.10 Å². The third-order valence-electron chi connectivity index (χ3n) is 6.33. The van der Waals surface area contributed by atoms with Crippen molar-refractivity contribution in [3.63, 3.8) is 0 Å². The largest absolute Gasteiger partial charge is 0.493 e. The molecule has 0 radical (unpaired) electrons. The molecule has 0 spiro atoms. The fourth-order valence-electron chi connectivity index (χ4n) is 4.28. The van der Waals surface area contributed by atoms with Crippen LogP contribution in [-0.2, 0) is 12.8 Å². The molecule has 12 heteroatoms. The lowest BCUT2D eigenvalue weighted by atomic mass is 10.1. The van der Waals surface area contributed by atoms with E-state index in [-0.39, 0.29) is 28.9 Å². The number of hydrogen-bond acceptors (Lipinski definition) is 6. The molecule has 0 amide bonds. The number of rotatable bonds is 8. The number of halogens is 4. The number of para-hydroxylation sites is 1. The summed E-state index contributed by atoms with van der Waals surface area (Å²) < 4.78 is 53.2. The lowest BCUT2D eigenvalue weighted by molar-refractivity contribution is -0.137. The second-order valence-electron chi connectivity index (χ2n) is 9.22. The summed E-state index contributed by atoms with van der Waals surface area (Å²) in [6.45, 7) is 0.0576. The molecule has 0 saturated heterocycles. The van der Waals surface area contributed by atoms with Crippen molar-refractivity contribution < 1.29 is 32.5 Å². The fraction of sp³-hybridized carbons (Fsp3) is 0.0968. The molecule has 8 nitrogen and oxygen atoms in total. The van der Waals surface area contributed by atoms with Crippen molar-refractivity contribution in [2.75, 3.05) is 7.11 Å². The van der Waals surface area contributed by atoms with E-state index in [2.05, 4.69) is 26.0 Å². The Morgan fingerprint density at radius 1 is 1.05 bits per heavy atom. The summed E-state index contributed by atoms with van der Waals surface area (Å²) in [7, 11) is 1.43. The molecule has 218 valence electrons. The fourth-order valence-corrected chi connectivity index (χ4v) is 4.85. The second-order valence-corrected chi connectivity index (χ2v) is 10.1. The maximum atomic E-state index is 13.5. The van der Waals surface area contributed by atoms with Gasteiger partial charge < -0.3 is 14.6 Å². The molecule has 0 aliphatic rings. The minimum absolute atomic E-state index is 0.0576. The summed E-state index contributed by atoms with van der Waals surface area (Å²) in [6, 6.07) is 20.6. The number of benzene rings is 4. The van der Waals surface area contributed by atoms with Gasteiger partial charge in [-0.1, -0.05) is 36.4 Å². The summed E-state index contributed by atoms with van der Waals surface area (Å²) >= 11 is 3.45. The van der Waals surface area contributed by atoms with Crippen molar-refractivity contribution >= 4 is 39.0 Å². The molecule has 5 aromatic rings. The van der Waals surface area contributed by atoms with Crippen LogP contribution in [0.3, 0.4) is 0 Å². The third kappa shape index (κ3) is 6.44. The van der Waals surface area contributed by atoms with Crippen LogP contribution in [0.5, 0.6) is 11.5 Å². The minimum Gasteiger partial charge on any atom is -0.493 e. The number of methoxy groups -OCH3 is 1. The first-order valence-electron chi connectivity index (χ1n) is 12.6. The van der Waals surface area contributed by atoms with E-state index in [0.717, 1.165) is 16.8 Å². The zero-order valence-electron chi connectivity index (χ0n) is 22.3. The highest BCUT2D eigenvalue weighted by Gasteiger charge is 2.31. The molecule has 0 saturated carbocycles. The molecule has 0 atom stereocenters. The predicted octanol–water partition coefficient (Wildman–Crippen LogP) is 7.01. The van der Waals surface area contributed by atoms with Crippen LogP contribution in [0.1, 0.15) is 27.0 Å². The van der Waals surface area contributed by atoms with Crippen LogP contribution >= 0.6 is 15.9 Å². The number of hydrogen-bond donors (Lipinski definition) is 1. The highest BCUT2D eigenvalue weighted by Crippen LogP contribution is 2.37. The number of carbonyl (C=O) groups is 1. The Kier molecular flexibility index (Phi) is 8.31. The van der Waals surface area contributed by atoms with Gasteiger partial charge in [0, 0.05) is 5.56 Å². The Morgan fingerprint density at radius 3 is 2.56 bits per heavy atom. The Bertz CT molecular complexity index is 1940. The summed E-state index contributed by atoms with van der Waals surface area (Å²) in [5, 5.41) is 13.8. The van der Waals surface area contributed by atoms with Crippen LogP contribution in [0.4, 0.5) is 13.2 Å². The van der Waals surface area contributed by atoms with Crippen LogP contribution in [0, 0.1) is 0 Å². The molecule has 4 aromatic carbocycles. The maximum absolute atomic E-state index is 13.5. The van der Waals surface area contributed by atoms with Gasteiger partial charge in [0.05, 0.1) is 39.8 Å². The van der Waals surface area contributed by atoms with Gasteiger partial charge in [0.1, 0.15) is 6.61 Å². The van der Waals surface area contributed by atoms with E-state index in [1.807, 2.05) is 0 Å². The normalized spacial score (nSPS) is 11.7. The topological polar surface area (TPSA) is 103 Å². The van der Waals surface area contributed by atoms with Gasteiger partial charge in [0.25, 0.3) is 5.56 Å². The zero-order chi connectivity index (χ0) is 30.7. The van der Waals surface area contributed by atoms with Crippen molar-refractivity contribution in [3.8, 4) is 22.9 Å². The molecule has 1 N–H and O–H groups in total. The van der Waals surface area contributed by atoms with Crippen LogP contribution in [-0.4, -0.2) is 34.1 Å². The SMILES string of the molecule is COc1cc(C=Nn2c(-c3cccc(C(F)(F)F)c3)nc3ccccc3c2=O)cc(Br)c1OCc1cccc(C(=O)O)c1. The number of nitrogens with zero attached hydrogens (tertiary/aromatic N) is 3. The van der Waals surface area contributed by atoms with Crippen molar-refractivity contribution in [3.05, 3.63) is 122 Å². The van der Waals surface area contributed by atoms with Crippen LogP contribution in [0.15, 0.2) is 99.3 Å². The molecule has 43 heavy (non-hydrogen) atoms. The number of carboxylic acids is 1. The smallest absolute Gasteiger partial charge is 0.416 e. The van der Waals surface area contributed by atoms with Gasteiger partial charge in [-0.2, -0.15) is 22.9 Å². The van der Waals surface area contributed by atoms with E-state index in [9.17, 15) is 27.9 Å². The monoisotopic (exact) mass is 651 g/mol. The van der Waals surface area contributed by atoms with Gasteiger partial charge in [-0.3, -0.25) is 4.79 Å². The van der Waals surface area contributed by atoms with Gasteiger partial charge in [-0.05, 0) is 75.6 Å². The number of aromatic carboxylic acids is 1. The van der Waals surface area contributed by atoms with E-state index in [4.69, 9.17) is 9.47 Å². The second kappa shape index (κ2) is 12.1. The van der Waals surface area contributed by atoms with E-state index in [1.54, 1.807) is 48.5 Å². The van der Waals surface area contributed by atoms with Crippen molar-refractivity contribution in [1.29, 1.82) is 0 Å². The molecule has 5 rings (SSSR count). The molecule has 0 bridgehead atoms. The zero-order valence-corrected chi connectivity index (χ0v) is 23.9. The van der Waals surface area contributed by atoms with Crippen molar-refractivity contribution in [1.82, 2.24) is 9.66 Å². The Labute approximate surface area is 250 Å². The first kappa shape index (κ1) is 29.5. The molecule has 0 fully saturated rings. The van der Waals surface area contributed by atoms with Gasteiger partial charge in [0.2, 0.25) is 0 Å². The first-order valence-corrected chi connectivity index (χ1v) is 13.4. The molecular formula is C31H21BrF3N3O5. The van der Waals surface area contributed by atoms with Crippen molar-refractivity contribution in [2.45, 2.75) is 12.8 Å². The molecular weight excluding hydrogens is 631 g/mol. The summed E-state index contributed by atoms with van der Waals surface area (Å²) in [6.07, 6.45) is -3.24. The summed E-state index contributed by atoms with van der Waals surface area (Å²) in [5.74, 6) is -0.469. The van der Waals surface area contributed by atoms with Gasteiger partial charge in [-0.15, -0.1) is 0 Å². The van der Waals surface area contributed by atoms with E-state index in [0.29, 0.717) is 32.6 Å². The minimum atomic E-state index is -4.59. The average Bonchev–Trinajstić information content (AvgIpc) is 2.99. The number of aromatic nitrogens is 2. The van der Waals surface area contributed by atoms with Crippen LogP contribution in [0.2, 0.25) is 0 Å². The quantitative estimate of drug-likeness (QED) is 0.181. The molecule has 1 heterocycles. The van der Waals surface area contributed by atoms with Gasteiger partial charge in [0.15, 0.2) is 17.3 Å². The third-order valence-corrected chi connectivity index (χ3v) is 6.92. The average molecular weight is 652 g/mol. The lowest BCUT2D eigenvalue weighted by Crippen LogP contribution is -2.20. The van der Waals surface area contributed by atoms with Crippen LogP contribution < -0.4 is 15.0 Å².